The van der Waals surface area contributed by atoms with Gasteiger partial charge in [-0.1, -0.05) is 6.07 Å². The summed E-state index contributed by atoms with van der Waals surface area (Å²) in [5.74, 6) is 0.750. The van der Waals surface area contributed by atoms with Crippen LogP contribution in [0, 0.1) is 0 Å². The van der Waals surface area contributed by atoms with Crippen molar-refractivity contribution in [3.05, 3.63) is 76.3 Å². The molecule has 1 saturated heterocycles. The molecule has 1 aromatic carbocycles. The summed E-state index contributed by atoms with van der Waals surface area (Å²) in [4.78, 5) is 27.5. The van der Waals surface area contributed by atoms with Crippen LogP contribution >= 0.6 is 0 Å². The molecule has 0 bridgehead atoms. The Hall–Kier alpha value is -3.58. The van der Waals surface area contributed by atoms with Crippen LogP contribution in [0.25, 0.3) is 11.1 Å². The van der Waals surface area contributed by atoms with E-state index in [0.29, 0.717) is 0 Å². The molecule has 1 aromatic rings. The van der Waals surface area contributed by atoms with Gasteiger partial charge in [0.05, 0.1) is 21.3 Å². The molecule has 1 heterocycles. The van der Waals surface area contributed by atoms with E-state index < -0.39 is 0 Å². The molecule has 1 unspecified atom stereocenters. The van der Waals surface area contributed by atoms with Gasteiger partial charge in [-0.15, -0.1) is 0 Å². The summed E-state index contributed by atoms with van der Waals surface area (Å²) in [7, 11) is 6.61. The minimum atomic E-state index is -0.292. The summed E-state index contributed by atoms with van der Waals surface area (Å²) in [5.41, 5.74) is 5.46. The van der Waals surface area contributed by atoms with Crippen molar-refractivity contribution in [2.75, 3.05) is 41.5 Å². The highest BCUT2D eigenvalue weighted by molar-refractivity contribution is 6.10. The summed E-state index contributed by atoms with van der Waals surface area (Å²) in [6.07, 6.45) is 7.99. The number of ether oxygens (including phenoxy) is 3. The second kappa shape index (κ2) is 9.73. The van der Waals surface area contributed by atoms with Gasteiger partial charge < -0.3 is 24.4 Å². The van der Waals surface area contributed by atoms with Crippen LogP contribution in [-0.4, -0.2) is 64.1 Å². The second-order valence-corrected chi connectivity index (χ2v) is 8.66. The summed E-state index contributed by atoms with van der Waals surface area (Å²) >= 11 is 0. The van der Waals surface area contributed by atoms with E-state index in [9.17, 15) is 9.59 Å². The van der Waals surface area contributed by atoms with Crippen molar-refractivity contribution in [2.45, 2.75) is 19.4 Å². The number of ketones is 1. The van der Waals surface area contributed by atoms with E-state index in [2.05, 4.69) is 17.3 Å². The lowest BCUT2D eigenvalue weighted by molar-refractivity contribution is -0.118. The SMILES string of the molecule is COC1=CC(=CC2=C(C)/C(=C\C(=O)NC3CCN(C)C3)c3cc(OC)ccc32)C=C(OC)C1=O. The molecule has 34 heavy (non-hydrogen) atoms. The van der Waals surface area contributed by atoms with Gasteiger partial charge >= 0.3 is 0 Å². The third-order valence-corrected chi connectivity index (χ3v) is 6.42. The highest BCUT2D eigenvalue weighted by Gasteiger charge is 2.27. The Morgan fingerprint density at radius 2 is 1.79 bits per heavy atom. The van der Waals surface area contributed by atoms with Gasteiger partial charge in [0.15, 0.2) is 11.5 Å². The Labute approximate surface area is 200 Å². The van der Waals surface area contributed by atoms with E-state index in [1.54, 1.807) is 25.3 Å². The number of carbonyl (C=O) groups excluding carboxylic acids is 2. The van der Waals surface area contributed by atoms with Crippen molar-refractivity contribution in [3.8, 4) is 5.75 Å². The van der Waals surface area contributed by atoms with Crippen molar-refractivity contribution in [1.29, 1.82) is 0 Å². The van der Waals surface area contributed by atoms with Crippen molar-refractivity contribution >= 4 is 22.8 Å². The third kappa shape index (κ3) is 4.56. The lowest BCUT2D eigenvalue weighted by atomic mass is 9.99. The number of nitrogens with one attached hydrogen (secondary N) is 1. The normalized spacial score (nSPS) is 21.3. The Morgan fingerprint density at radius 3 is 2.38 bits per heavy atom. The first-order valence-electron chi connectivity index (χ1n) is 11.2. The lowest BCUT2D eigenvalue weighted by Crippen LogP contribution is -2.35. The number of hydrogen-bond acceptors (Lipinski definition) is 6. The van der Waals surface area contributed by atoms with Crippen LogP contribution in [0.4, 0.5) is 0 Å². The molecule has 178 valence electrons. The van der Waals surface area contributed by atoms with Crippen molar-refractivity contribution in [2.24, 2.45) is 0 Å². The number of fused-ring (bicyclic) bond motifs is 1. The van der Waals surface area contributed by atoms with Gasteiger partial charge in [0, 0.05) is 18.7 Å². The standard InChI is InChI=1S/C27H30N2O5/c1-16-21(10-17-11-24(33-4)27(31)25(12-17)34-5)20-7-6-19(32-3)13-23(20)22(16)14-26(30)28-18-8-9-29(2)15-18/h6-7,10-14,18H,8-9,15H2,1-5H3,(H,28,30)/b22-14+. The molecule has 7 heteroatoms. The van der Waals surface area contributed by atoms with Crippen molar-refractivity contribution in [1.82, 2.24) is 10.2 Å². The van der Waals surface area contributed by atoms with Crippen LogP contribution in [0.2, 0.25) is 0 Å². The molecule has 1 N–H and O–H groups in total. The van der Waals surface area contributed by atoms with Gasteiger partial charge in [0.2, 0.25) is 5.91 Å². The van der Waals surface area contributed by atoms with Crippen LogP contribution in [-0.2, 0) is 19.1 Å². The monoisotopic (exact) mass is 462 g/mol. The molecule has 4 rings (SSSR count). The van der Waals surface area contributed by atoms with Crippen LogP contribution in [0.3, 0.4) is 0 Å². The van der Waals surface area contributed by atoms with E-state index >= 15 is 0 Å². The summed E-state index contributed by atoms with van der Waals surface area (Å²) in [6, 6.07) is 6.00. The van der Waals surface area contributed by atoms with Gasteiger partial charge in [-0.3, -0.25) is 9.59 Å². The topological polar surface area (TPSA) is 77.1 Å². The number of nitrogens with zero attached hydrogens (tertiary/aromatic N) is 1. The van der Waals surface area contributed by atoms with Crippen molar-refractivity contribution < 1.29 is 23.8 Å². The number of rotatable bonds is 6. The molecule has 0 saturated carbocycles. The van der Waals surface area contributed by atoms with Gasteiger partial charge in [-0.25, -0.2) is 0 Å². The Morgan fingerprint density at radius 1 is 1.09 bits per heavy atom. The predicted molar refractivity (Wildman–Crippen MR) is 131 cm³/mol. The zero-order chi connectivity index (χ0) is 24.4. The molecule has 1 fully saturated rings. The van der Waals surface area contributed by atoms with Crippen molar-refractivity contribution in [3.63, 3.8) is 0 Å². The third-order valence-electron chi connectivity index (χ3n) is 6.42. The quantitative estimate of drug-likeness (QED) is 0.654. The van der Waals surface area contributed by atoms with E-state index in [1.807, 2.05) is 31.2 Å². The van der Waals surface area contributed by atoms with Crippen LogP contribution < -0.4 is 10.1 Å². The number of benzene rings is 1. The number of allylic oxidation sites excluding steroid dienone is 7. The van der Waals surface area contributed by atoms with E-state index in [-0.39, 0.29) is 29.3 Å². The summed E-state index contributed by atoms with van der Waals surface area (Å²) in [5, 5.41) is 3.13. The van der Waals surface area contributed by atoms with Crippen LogP contribution in [0.1, 0.15) is 24.5 Å². The molecule has 3 aliphatic rings. The molecule has 1 atom stereocenters. The van der Waals surface area contributed by atoms with Crippen LogP contribution in [0.15, 0.2) is 65.2 Å². The fraction of sp³-hybridized carbons (Fsp3) is 0.333. The minimum absolute atomic E-state index is 0.108. The maximum atomic E-state index is 12.9. The number of hydrogen-bond donors (Lipinski definition) is 1. The summed E-state index contributed by atoms with van der Waals surface area (Å²) < 4.78 is 15.9. The summed E-state index contributed by atoms with van der Waals surface area (Å²) in [6.45, 7) is 3.83. The smallest absolute Gasteiger partial charge is 0.261 e. The predicted octanol–water partition coefficient (Wildman–Crippen LogP) is 3.26. The zero-order valence-electron chi connectivity index (χ0n) is 20.2. The van der Waals surface area contributed by atoms with E-state index in [1.165, 1.54) is 14.2 Å². The maximum Gasteiger partial charge on any atom is 0.261 e. The first-order chi connectivity index (χ1) is 16.3. The Bertz CT molecular complexity index is 1160. The first kappa shape index (κ1) is 23.6. The molecule has 0 radical (unpaired) electrons. The molecule has 7 nitrogen and oxygen atoms in total. The lowest BCUT2D eigenvalue weighted by Gasteiger charge is -2.14. The number of amides is 1. The maximum absolute atomic E-state index is 12.9. The second-order valence-electron chi connectivity index (χ2n) is 8.66. The Balaban J connectivity index is 1.75. The molecule has 2 aliphatic carbocycles. The fourth-order valence-electron chi connectivity index (χ4n) is 4.61. The van der Waals surface area contributed by atoms with Gasteiger partial charge in [-0.2, -0.15) is 0 Å². The Kier molecular flexibility index (Phi) is 6.75. The molecule has 1 amide bonds. The van der Waals surface area contributed by atoms with Crippen LogP contribution in [0.5, 0.6) is 5.75 Å². The number of carbonyl (C=O) groups is 2. The fourth-order valence-corrected chi connectivity index (χ4v) is 4.61. The average Bonchev–Trinajstić information content (AvgIpc) is 3.35. The van der Waals surface area contributed by atoms with Gasteiger partial charge in [-0.05, 0) is 90.7 Å². The molecule has 1 aliphatic heterocycles. The number of likely N-dealkylation sites (N-methyl/N-ethyl adjacent to an activating group) is 1. The molecular weight excluding hydrogens is 432 g/mol. The minimum Gasteiger partial charge on any atom is -0.497 e. The highest BCUT2D eigenvalue weighted by Crippen LogP contribution is 2.44. The first-order valence-corrected chi connectivity index (χ1v) is 11.2. The molecular formula is C27H30N2O5. The average molecular weight is 463 g/mol. The zero-order valence-corrected chi connectivity index (χ0v) is 20.2. The molecule has 0 aromatic heterocycles. The van der Waals surface area contributed by atoms with Gasteiger partial charge in [0.25, 0.3) is 5.78 Å². The highest BCUT2D eigenvalue weighted by atomic mass is 16.5. The number of Topliss-reactive ketones (excluding diaryl/α,β-unsaturated/α-hetero) is 1. The number of likely N-dealkylation sites (tertiary alicyclic amines) is 1. The van der Waals surface area contributed by atoms with E-state index in [0.717, 1.165) is 58.7 Å². The number of methoxy groups -OCH3 is 3. The van der Waals surface area contributed by atoms with E-state index in [4.69, 9.17) is 14.2 Å². The molecule has 0 spiro atoms. The largest absolute Gasteiger partial charge is 0.497 e. The van der Waals surface area contributed by atoms with Gasteiger partial charge in [0.1, 0.15) is 5.75 Å².